The molecule has 0 aliphatic carbocycles. The highest BCUT2D eigenvalue weighted by atomic mass is 79.9. The summed E-state index contributed by atoms with van der Waals surface area (Å²) in [4.78, 5) is 45.9. The van der Waals surface area contributed by atoms with Crippen LogP contribution in [-0.2, 0) is 23.9 Å². The van der Waals surface area contributed by atoms with Crippen molar-refractivity contribution in [3.63, 3.8) is 0 Å². The maximum absolute atomic E-state index is 15.0. The third kappa shape index (κ3) is 4.87. The summed E-state index contributed by atoms with van der Waals surface area (Å²) in [5, 5.41) is 12.7. The molecule has 228 valence electrons. The SMILES string of the molecule is C=CCCOC(=O)[C@H]1[C@H]2C(=O)N([C@H](CO)c3ccccc3)C(C(=O)N(CC=C)c3ccc4ccccc4c3)C23CC(Br)[C@@H]1O3. The molecule has 8 nitrogen and oxygen atoms in total. The van der Waals surface area contributed by atoms with E-state index in [0.717, 1.165) is 10.8 Å². The number of aliphatic hydroxyl groups excluding tert-OH is 1. The number of anilines is 1. The van der Waals surface area contributed by atoms with Crippen molar-refractivity contribution in [2.45, 2.75) is 41.5 Å². The van der Waals surface area contributed by atoms with Crippen molar-refractivity contribution in [1.29, 1.82) is 0 Å². The van der Waals surface area contributed by atoms with Crippen LogP contribution in [0.5, 0.6) is 0 Å². The van der Waals surface area contributed by atoms with Crippen LogP contribution in [0.25, 0.3) is 10.8 Å². The van der Waals surface area contributed by atoms with Crippen LogP contribution in [0.1, 0.15) is 24.4 Å². The minimum absolute atomic E-state index is 0.136. The van der Waals surface area contributed by atoms with E-state index in [0.29, 0.717) is 24.1 Å². The molecule has 3 aromatic carbocycles. The van der Waals surface area contributed by atoms with E-state index in [4.69, 9.17) is 9.47 Å². The lowest BCUT2D eigenvalue weighted by molar-refractivity contribution is -0.155. The summed E-state index contributed by atoms with van der Waals surface area (Å²) in [6.07, 6.45) is 3.47. The first-order valence-corrected chi connectivity index (χ1v) is 15.8. The van der Waals surface area contributed by atoms with Crippen LogP contribution in [0.15, 0.2) is 98.1 Å². The van der Waals surface area contributed by atoms with Crippen molar-refractivity contribution in [2.24, 2.45) is 11.8 Å². The number of hydrogen-bond acceptors (Lipinski definition) is 6. The van der Waals surface area contributed by atoms with Crippen molar-refractivity contribution in [3.05, 3.63) is 104 Å². The number of alkyl halides is 1. The number of halogens is 1. The minimum Gasteiger partial charge on any atom is -0.465 e. The minimum atomic E-state index is -1.31. The zero-order valence-corrected chi connectivity index (χ0v) is 25.8. The molecule has 1 N–H and O–H groups in total. The number of ether oxygens (including phenoxy) is 2. The van der Waals surface area contributed by atoms with Gasteiger partial charge >= 0.3 is 5.97 Å². The van der Waals surface area contributed by atoms with E-state index in [-0.39, 0.29) is 23.9 Å². The zero-order chi connectivity index (χ0) is 31.0. The standard InChI is InChI=1S/C35H35BrN2O6/c1-3-5-18-43-34(42)28-29-32(40)38(27(21-39)23-12-7-6-8-13-23)31(35(29)20-26(36)30(28)44-35)33(41)37(17-4-2)25-16-15-22-11-9-10-14-24(22)19-25/h3-4,6-16,19,26-31,39H,1-2,5,17-18,20-21H2/t26?,27-,28+,29+,30+,31?,35?/m1/s1. The summed E-state index contributed by atoms with van der Waals surface area (Å²) in [7, 11) is 0. The van der Waals surface area contributed by atoms with E-state index in [2.05, 4.69) is 29.1 Å². The summed E-state index contributed by atoms with van der Waals surface area (Å²) >= 11 is 3.70. The van der Waals surface area contributed by atoms with Crippen molar-refractivity contribution in [1.82, 2.24) is 4.90 Å². The molecule has 1 spiro atoms. The second-order valence-electron chi connectivity index (χ2n) is 11.5. The van der Waals surface area contributed by atoms with Gasteiger partial charge in [0, 0.05) is 17.1 Å². The Labute approximate surface area is 265 Å². The Morgan fingerprint density at radius 1 is 1.09 bits per heavy atom. The van der Waals surface area contributed by atoms with Gasteiger partial charge in [-0.15, -0.1) is 13.2 Å². The number of aliphatic hydroxyl groups is 1. The highest BCUT2D eigenvalue weighted by Crippen LogP contribution is 2.61. The molecule has 2 amide bonds. The van der Waals surface area contributed by atoms with E-state index >= 15 is 0 Å². The summed E-state index contributed by atoms with van der Waals surface area (Å²) in [5.41, 5.74) is 0.00566. The summed E-state index contributed by atoms with van der Waals surface area (Å²) in [6.45, 7) is 7.48. The largest absolute Gasteiger partial charge is 0.465 e. The normalized spacial score (nSPS) is 27.6. The average molecular weight is 660 g/mol. The number of benzene rings is 3. The molecule has 0 saturated carbocycles. The Morgan fingerprint density at radius 3 is 2.52 bits per heavy atom. The van der Waals surface area contributed by atoms with Crippen LogP contribution in [-0.4, -0.2) is 70.1 Å². The fraction of sp³-hybridized carbons (Fsp3) is 0.343. The number of carbonyl (C=O) groups is 3. The lowest BCUT2D eigenvalue weighted by Crippen LogP contribution is -2.57. The van der Waals surface area contributed by atoms with Gasteiger partial charge in [0.15, 0.2) is 0 Å². The second-order valence-corrected chi connectivity index (χ2v) is 12.7. The fourth-order valence-corrected chi connectivity index (χ4v) is 8.21. The van der Waals surface area contributed by atoms with Crippen molar-refractivity contribution < 1.29 is 29.0 Å². The topological polar surface area (TPSA) is 96.4 Å². The number of carbonyl (C=O) groups excluding carboxylic acids is 3. The van der Waals surface area contributed by atoms with Gasteiger partial charge in [-0.25, -0.2) is 0 Å². The average Bonchev–Trinajstić information content (AvgIpc) is 3.64. The maximum Gasteiger partial charge on any atom is 0.312 e. The first-order chi connectivity index (χ1) is 21.4. The first kappa shape index (κ1) is 30.2. The third-order valence-corrected chi connectivity index (χ3v) is 9.96. The molecular weight excluding hydrogens is 624 g/mol. The first-order valence-electron chi connectivity index (χ1n) is 14.8. The number of nitrogens with zero attached hydrogens (tertiary/aromatic N) is 2. The Hall–Kier alpha value is -3.79. The highest BCUT2D eigenvalue weighted by molar-refractivity contribution is 9.09. The zero-order valence-electron chi connectivity index (χ0n) is 24.3. The molecule has 9 heteroatoms. The number of rotatable bonds is 11. The molecular formula is C35H35BrN2O6. The molecule has 3 saturated heterocycles. The van der Waals surface area contributed by atoms with Crippen LogP contribution in [0.2, 0.25) is 0 Å². The predicted molar refractivity (Wildman–Crippen MR) is 171 cm³/mol. The molecule has 2 bridgehead atoms. The van der Waals surface area contributed by atoms with Crippen LogP contribution >= 0.6 is 15.9 Å². The van der Waals surface area contributed by atoms with E-state index < -0.39 is 54.1 Å². The monoisotopic (exact) mass is 658 g/mol. The van der Waals surface area contributed by atoms with Gasteiger partial charge in [-0.3, -0.25) is 14.4 Å². The van der Waals surface area contributed by atoms with E-state index in [9.17, 15) is 19.5 Å². The summed E-state index contributed by atoms with van der Waals surface area (Å²) in [6, 6.07) is 20.8. The highest BCUT2D eigenvalue weighted by Gasteiger charge is 2.77. The summed E-state index contributed by atoms with van der Waals surface area (Å²) in [5.74, 6) is -3.17. The molecule has 0 radical (unpaired) electrons. The Kier molecular flexibility index (Phi) is 8.46. The lowest BCUT2D eigenvalue weighted by atomic mass is 9.70. The van der Waals surface area contributed by atoms with Crippen molar-refractivity contribution in [3.8, 4) is 0 Å². The molecule has 7 atom stereocenters. The van der Waals surface area contributed by atoms with Gasteiger partial charge in [0.25, 0.3) is 5.91 Å². The molecule has 6 rings (SSSR count). The molecule has 3 aromatic rings. The van der Waals surface area contributed by atoms with E-state index in [1.54, 1.807) is 17.1 Å². The van der Waals surface area contributed by atoms with Gasteiger partial charge < -0.3 is 24.4 Å². The Bertz CT molecular complexity index is 1600. The van der Waals surface area contributed by atoms with Gasteiger partial charge in [0.1, 0.15) is 11.6 Å². The third-order valence-electron chi connectivity index (χ3n) is 9.11. The number of esters is 1. The van der Waals surface area contributed by atoms with Crippen molar-refractivity contribution >= 4 is 50.2 Å². The van der Waals surface area contributed by atoms with E-state index in [1.807, 2.05) is 72.8 Å². The Morgan fingerprint density at radius 2 is 1.82 bits per heavy atom. The smallest absolute Gasteiger partial charge is 0.312 e. The van der Waals surface area contributed by atoms with Gasteiger partial charge in [0.05, 0.1) is 37.2 Å². The van der Waals surface area contributed by atoms with E-state index in [1.165, 1.54) is 4.90 Å². The molecule has 3 unspecified atom stereocenters. The number of hydrogen-bond donors (Lipinski definition) is 1. The maximum atomic E-state index is 15.0. The molecule has 3 aliphatic rings. The second kappa shape index (κ2) is 12.3. The van der Waals surface area contributed by atoms with Gasteiger partial charge in [-0.2, -0.15) is 0 Å². The Balaban J connectivity index is 1.47. The molecule has 3 aliphatic heterocycles. The fourth-order valence-electron chi connectivity index (χ4n) is 7.26. The molecule has 3 fully saturated rings. The van der Waals surface area contributed by atoms with Gasteiger partial charge in [-0.05, 0) is 41.3 Å². The molecule has 0 aromatic heterocycles. The number of fused-ring (bicyclic) bond motifs is 2. The van der Waals surface area contributed by atoms with Crippen LogP contribution in [0, 0.1) is 11.8 Å². The molecule has 44 heavy (non-hydrogen) atoms. The van der Waals surface area contributed by atoms with Crippen LogP contribution in [0.4, 0.5) is 5.69 Å². The van der Waals surface area contributed by atoms with Crippen molar-refractivity contribution in [2.75, 3.05) is 24.7 Å². The lowest BCUT2D eigenvalue weighted by Gasteiger charge is -2.39. The number of likely N-dealkylation sites (tertiary alicyclic amines) is 1. The summed E-state index contributed by atoms with van der Waals surface area (Å²) < 4.78 is 12.2. The quantitative estimate of drug-likeness (QED) is 0.135. The predicted octanol–water partition coefficient (Wildman–Crippen LogP) is 4.96. The number of amides is 2. The molecule has 3 heterocycles. The van der Waals surface area contributed by atoms with Crippen LogP contribution in [0.3, 0.4) is 0 Å². The van der Waals surface area contributed by atoms with Gasteiger partial charge in [0.2, 0.25) is 5.91 Å². The van der Waals surface area contributed by atoms with Gasteiger partial charge in [-0.1, -0.05) is 88.7 Å². The van der Waals surface area contributed by atoms with Crippen LogP contribution < -0.4 is 4.90 Å².